The molecule has 0 spiro atoms. The predicted octanol–water partition coefficient (Wildman–Crippen LogP) is 5.56. The molecule has 1 unspecified atom stereocenters. The Labute approximate surface area is 208 Å². The van der Waals surface area contributed by atoms with Crippen molar-refractivity contribution in [1.29, 1.82) is 0 Å². The highest BCUT2D eigenvalue weighted by atomic mass is 16.8. The van der Waals surface area contributed by atoms with Crippen LogP contribution in [0.3, 0.4) is 0 Å². The molecular formula is C30H36O5. The topological polar surface area (TPSA) is 65.0 Å². The third-order valence-electron chi connectivity index (χ3n) is 6.70. The van der Waals surface area contributed by atoms with Gasteiger partial charge in [0, 0.05) is 5.92 Å². The van der Waals surface area contributed by atoms with E-state index < -0.39 is 24.1 Å². The maximum atomic E-state index is 13.4. The number of cyclic esters (lactones) is 1. The van der Waals surface area contributed by atoms with Gasteiger partial charge in [0.05, 0.1) is 11.7 Å². The van der Waals surface area contributed by atoms with Crippen molar-refractivity contribution in [3.05, 3.63) is 88.5 Å². The lowest BCUT2D eigenvalue weighted by Crippen LogP contribution is -2.34. The Hall–Kier alpha value is -2.73. The fourth-order valence-corrected chi connectivity index (χ4v) is 5.03. The first kappa shape index (κ1) is 25.4. The van der Waals surface area contributed by atoms with E-state index in [1.807, 2.05) is 83.2 Å². The SMILES string of the molecule is Cc1cc(C)c2c(c1)/C=C/C[C@@H]1OC(C)(C)O[C@@H]1C(O)/C=C\[C@@H](Cc1ccccc1)[C@H](C)OC2=O. The van der Waals surface area contributed by atoms with Gasteiger partial charge in [-0.2, -0.15) is 0 Å². The summed E-state index contributed by atoms with van der Waals surface area (Å²) in [6, 6.07) is 14.1. The van der Waals surface area contributed by atoms with Gasteiger partial charge in [0.25, 0.3) is 0 Å². The van der Waals surface area contributed by atoms with Gasteiger partial charge in [-0.05, 0) is 64.2 Å². The molecule has 2 heterocycles. The molecular weight excluding hydrogens is 440 g/mol. The molecule has 4 rings (SSSR count). The number of hydrogen-bond donors (Lipinski definition) is 1. The number of ether oxygens (including phenoxy) is 3. The van der Waals surface area contributed by atoms with E-state index in [0.29, 0.717) is 18.4 Å². The van der Waals surface area contributed by atoms with Crippen molar-refractivity contribution in [3.8, 4) is 0 Å². The predicted molar refractivity (Wildman–Crippen MR) is 137 cm³/mol. The van der Waals surface area contributed by atoms with Gasteiger partial charge >= 0.3 is 5.97 Å². The molecule has 1 fully saturated rings. The van der Waals surface area contributed by atoms with Crippen LogP contribution in [0, 0.1) is 19.8 Å². The summed E-state index contributed by atoms with van der Waals surface area (Å²) in [6.45, 7) is 9.60. The van der Waals surface area contributed by atoms with Gasteiger partial charge in [-0.25, -0.2) is 4.79 Å². The number of carbonyl (C=O) groups excluding carboxylic acids is 1. The van der Waals surface area contributed by atoms with Gasteiger partial charge in [-0.1, -0.05) is 72.3 Å². The molecule has 0 radical (unpaired) electrons. The summed E-state index contributed by atoms with van der Waals surface area (Å²) in [7, 11) is 0. The van der Waals surface area contributed by atoms with Crippen LogP contribution in [0.2, 0.25) is 0 Å². The van der Waals surface area contributed by atoms with E-state index in [1.54, 1.807) is 6.08 Å². The van der Waals surface area contributed by atoms with Gasteiger partial charge in [-0.3, -0.25) is 0 Å². The lowest BCUT2D eigenvalue weighted by Gasteiger charge is -2.25. The summed E-state index contributed by atoms with van der Waals surface area (Å²) < 4.78 is 18.2. The van der Waals surface area contributed by atoms with Gasteiger partial charge < -0.3 is 19.3 Å². The van der Waals surface area contributed by atoms with Crippen molar-refractivity contribution in [3.63, 3.8) is 0 Å². The van der Waals surface area contributed by atoms with Gasteiger partial charge in [0.1, 0.15) is 18.3 Å². The van der Waals surface area contributed by atoms with Crippen LogP contribution in [0.4, 0.5) is 0 Å². The summed E-state index contributed by atoms with van der Waals surface area (Å²) in [6.07, 6.45) is 6.80. The Kier molecular flexibility index (Phi) is 7.60. The Morgan fingerprint density at radius 3 is 2.54 bits per heavy atom. The van der Waals surface area contributed by atoms with E-state index in [0.717, 1.165) is 22.3 Å². The maximum absolute atomic E-state index is 13.4. The zero-order chi connectivity index (χ0) is 25.2. The first-order valence-corrected chi connectivity index (χ1v) is 12.4. The molecule has 0 aliphatic carbocycles. The fourth-order valence-electron chi connectivity index (χ4n) is 5.03. The minimum absolute atomic E-state index is 0.127. The van der Waals surface area contributed by atoms with E-state index >= 15 is 0 Å². The van der Waals surface area contributed by atoms with E-state index in [9.17, 15) is 9.90 Å². The molecule has 1 N–H and O–H groups in total. The lowest BCUT2D eigenvalue weighted by molar-refractivity contribution is -0.152. The molecule has 0 bridgehead atoms. The normalized spacial score (nSPS) is 30.5. The molecule has 5 nitrogen and oxygen atoms in total. The highest BCUT2D eigenvalue weighted by molar-refractivity contribution is 5.95. The van der Waals surface area contributed by atoms with Crippen LogP contribution in [0.1, 0.15) is 59.8 Å². The Morgan fingerprint density at radius 2 is 1.80 bits per heavy atom. The molecule has 186 valence electrons. The molecule has 35 heavy (non-hydrogen) atoms. The zero-order valence-electron chi connectivity index (χ0n) is 21.2. The van der Waals surface area contributed by atoms with Crippen LogP contribution in [0.5, 0.6) is 0 Å². The smallest absolute Gasteiger partial charge is 0.339 e. The van der Waals surface area contributed by atoms with E-state index in [2.05, 4.69) is 12.1 Å². The van der Waals surface area contributed by atoms with Gasteiger partial charge in [-0.15, -0.1) is 0 Å². The minimum Gasteiger partial charge on any atom is -0.458 e. The number of aliphatic hydroxyl groups is 1. The molecule has 2 aromatic rings. The first-order chi connectivity index (χ1) is 16.6. The van der Waals surface area contributed by atoms with E-state index in [-0.39, 0.29) is 18.0 Å². The van der Waals surface area contributed by atoms with Crippen molar-refractivity contribution in [1.82, 2.24) is 0 Å². The third kappa shape index (κ3) is 6.10. The monoisotopic (exact) mass is 476 g/mol. The molecule has 2 aliphatic heterocycles. The van der Waals surface area contributed by atoms with Crippen LogP contribution in [0.25, 0.3) is 6.08 Å². The van der Waals surface area contributed by atoms with Crippen molar-refractivity contribution in [2.45, 2.75) is 77.7 Å². The Morgan fingerprint density at radius 1 is 1.06 bits per heavy atom. The van der Waals surface area contributed by atoms with Crippen molar-refractivity contribution in [2.24, 2.45) is 5.92 Å². The largest absolute Gasteiger partial charge is 0.458 e. The molecule has 5 heteroatoms. The Balaban J connectivity index is 1.74. The van der Waals surface area contributed by atoms with Gasteiger partial charge in [0.15, 0.2) is 5.79 Å². The van der Waals surface area contributed by atoms with E-state index in [1.165, 1.54) is 0 Å². The molecule has 2 aliphatic rings. The highest BCUT2D eigenvalue weighted by Crippen LogP contribution is 2.33. The second-order valence-electron chi connectivity index (χ2n) is 10.2. The summed E-state index contributed by atoms with van der Waals surface area (Å²) in [5, 5.41) is 11.1. The lowest BCUT2D eigenvalue weighted by atomic mass is 9.92. The number of esters is 1. The van der Waals surface area contributed by atoms with Crippen LogP contribution in [-0.4, -0.2) is 41.3 Å². The number of fused-ring (bicyclic) bond motifs is 2. The van der Waals surface area contributed by atoms with Crippen molar-refractivity contribution < 1.29 is 24.1 Å². The molecule has 5 atom stereocenters. The van der Waals surface area contributed by atoms with Crippen LogP contribution >= 0.6 is 0 Å². The summed E-state index contributed by atoms with van der Waals surface area (Å²) >= 11 is 0. The summed E-state index contributed by atoms with van der Waals surface area (Å²) in [5.74, 6) is -1.25. The number of benzene rings is 2. The van der Waals surface area contributed by atoms with Crippen LogP contribution in [0.15, 0.2) is 60.7 Å². The number of aryl methyl sites for hydroxylation is 2. The quantitative estimate of drug-likeness (QED) is 0.454. The molecule has 0 aromatic heterocycles. The molecule has 1 saturated heterocycles. The standard InChI is InChI=1S/C30H36O5/c1-19-16-20(2)27-24(17-19)12-9-13-26-28(35-30(4,5)34-26)25(31)15-14-23(21(3)33-29(27)32)18-22-10-7-6-8-11-22/h6-12,14-17,21,23,25-26,28,31H,13,18H2,1-5H3/b12-9+,15-14-/t21-,23-,25?,26-,28+/m0/s1. The second-order valence-corrected chi connectivity index (χ2v) is 10.2. The average molecular weight is 477 g/mol. The van der Waals surface area contributed by atoms with Crippen molar-refractivity contribution >= 4 is 12.0 Å². The number of hydrogen-bond acceptors (Lipinski definition) is 5. The maximum Gasteiger partial charge on any atom is 0.339 e. The van der Waals surface area contributed by atoms with Crippen LogP contribution in [-0.2, 0) is 20.6 Å². The highest BCUT2D eigenvalue weighted by Gasteiger charge is 2.43. The fraction of sp³-hybridized carbons (Fsp3) is 0.433. The second kappa shape index (κ2) is 10.5. The van der Waals surface area contributed by atoms with Crippen LogP contribution < -0.4 is 0 Å². The van der Waals surface area contributed by atoms with Crippen molar-refractivity contribution in [2.75, 3.05) is 0 Å². The summed E-state index contributed by atoms with van der Waals surface area (Å²) in [4.78, 5) is 13.4. The van der Waals surface area contributed by atoms with E-state index in [4.69, 9.17) is 14.2 Å². The molecule has 0 saturated carbocycles. The van der Waals surface area contributed by atoms with Gasteiger partial charge in [0.2, 0.25) is 0 Å². The Bertz CT molecular complexity index is 1100. The number of aliphatic hydroxyl groups excluding tert-OH is 1. The number of rotatable bonds is 2. The summed E-state index contributed by atoms with van der Waals surface area (Å²) in [5.41, 5.74) is 4.50. The first-order valence-electron chi connectivity index (χ1n) is 12.4. The number of carbonyl (C=O) groups is 1. The minimum atomic E-state index is -0.851. The molecule has 0 amide bonds. The zero-order valence-corrected chi connectivity index (χ0v) is 21.2. The molecule has 2 aromatic carbocycles. The third-order valence-corrected chi connectivity index (χ3v) is 6.70. The average Bonchev–Trinajstić information content (AvgIpc) is 3.10.